The van der Waals surface area contributed by atoms with Gasteiger partial charge in [0, 0.05) is 45.9 Å². The van der Waals surface area contributed by atoms with Crippen LogP contribution in [0.3, 0.4) is 0 Å². The van der Waals surface area contributed by atoms with Crippen LogP contribution >= 0.6 is 0 Å². The van der Waals surface area contributed by atoms with E-state index in [0.29, 0.717) is 12.1 Å². The van der Waals surface area contributed by atoms with E-state index in [1.165, 1.54) is 18.4 Å². The number of guanidine groups is 1. The van der Waals surface area contributed by atoms with Crippen molar-refractivity contribution >= 4 is 5.96 Å². The van der Waals surface area contributed by atoms with Crippen molar-refractivity contribution in [1.82, 2.24) is 15.5 Å². The molecule has 0 bridgehead atoms. The molecule has 1 saturated heterocycles. The lowest BCUT2D eigenvalue weighted by atomic mass is 10.1. The van der Waals surface area contributed by atoms with Crippen LogP contribution in [0.2, 0.25) is 0 Å². The molecule has 5 nitrogen and oxygen atoms in total. The van der Waals surface area contributed by atoms with Crippen LogP contribution < -0.4 is 10.6 Å². The van der Waals surface area contributed by atoms with Crippen LogP contribution in [-0.4, -0.2) is 56.3 Å². The maximum atomic E-state index is 6.06. The number of rotatable bonds is 8. The number of ether oxygens (including phenoxy) is 1. The van der Waals surface area contributed by atoms with Crippen LogP contribution in [0.25, 0.3) is 0 Å². The lowest BCUT2D eigenvalue weighted by molar-refractivity contribution is 0.00534. The summed E-state index contributed by atoms with van der Waals surface area (Å²) in [5, 5.41) is 6.76. The summed E-state index contributed by atoms with van der Waals surface area (Å²) in [6.45, 7) is 5.08. The molecular formula is C20H32N4O. The van der Waals surface area contributed by atoms with Crippen molar-refractivity contribution in [2.75, 3.05) is 33.3 Å². The third kappa shape index (κ3) is 6.67. The predicted octanol–water partition coefficient (Wildman–Crippen LogP) is 2.39. The molecule has 0 unspecified atom stereocenters. The van der Waals surface area contributed by atoms with Crippen LogP contribution in [-0.2, 0) is 11.3 Å². The standard InChI is InChI=1S/C20H32N4O/c1-21-20(23-18-8-9-18)22-12-5-15-25-19-10-13-24(14-11-19)16-17-6-3-2-4-7-17/h2-4,6-7,18-19H,5,8-16H2,1H3,(H2,21,22,23). The van der Waals surface area contributed by atoms with E-state index in [9.17, 15) is 0 Å². The molecule has 3 rings (SSSR count). The molecule has 1 aromatic rings. The van der Waals surface area contributed by atoms with Gasteiger partial charge in [0.15, 0.2) is 5.96 Å². The Balaban J connectivity index is 1.23. The van der Waals surface area contributed by atoms with Crippen LogP contribution in [0, 0.1) is 0 Å². The summed E-state index contributed by atoms with van der Waals surface area (Å²) in [7, 11) is 1.83. The predicted molar refractivity (Wildman–Crippen MR) is 103 cm³/mol. The van der Waals surface area contributed by atoms with Crippen molar-refractivity contribution in [2.45, 2.75) is 50.8 Å². The lowest BCUT2D eigenvalue weighted by Gasteiger charge is -2.32. The first kappa shape index (κ1) is 18.2. The number of aliphatic imine (C=N–C) groups is 1. The van der Waals surface area contributed by atoms with Crippen molar-refractivity contribution in [3.63, 3.8) is 0 Å². The Morgan fingerprint density at radius 3 is 2.60 bits per heavy atom. The summed E-state index contributed by atoms with van der Waals surface area (Å²) in [6, 6.07) is 11.4. The molecule has 25 heavy (non-hydrogen) atoms. The molecule has 138 valence electrons. The molecule has 0 atom stereocenters. The van der Waals surface area contributed by atoms with Crippen molar-refractivity contribution in [3.05, 3.63) is 35.9 Å². The summed E-state index contributed by atoms with van der Waals surface area (Å²) in [5.41, 5.74) is 1.40. The van der Waals surface area contributed by atoms with Crippen molar-refractivity contribution in [2.24, 2.45) is 4.99 Å². The van der Waals surface area contributed by atoms with E-state index >= 15 is 0 Å². The van der Waals surface area contributed by atoms with Gasteiger partial charge in [0.25, 0.3) is 0 Å². The zero-order valence-corrected chi connectivity index (χ0v) is 15.4. The molecule has 2 aliphatic rings. The van der Waals surface area contributed by atoms with E-state index in [1.54, 1.807) is 0 Å². The fraction of sp³-hybridized carbons (Fsp3) is 0.650. The number of hydrogen-bond acceptors (Lipinski definition) is 3. The van der Waals surface area contributed by atoms with E-state index in [0.717, 1.165) is 58.0 Å². The number of piperidine rings is 1. The number of nitrogens with zero attached hydrogens (tertiary/aromatic N) is 2. The Kier molecular flexibility index (Phi) is 7.12. The molecule has 0 spiro atoms. The van der Waals surface area contributed by atoms with E-state index in [1.807, 2.05) is 7.05 Å². The first-order valence-corrected chi connectivity index (χ1v) is 9.68. The Labute approximate surface area is 151 Å². The highest BCUT2D eigenvalue weighted by Crippen LogP contribution is 2.18. The van der Waals surface area contributed by atoms with Crippen LogP contribution in [0.15, 0.2) is 35.3 Å². The largest absolute Gasteiger partial charge is 0.378 e. The highest BCUT2D eigenvalue weighted by Gasteiger charge is 2.22. The maximum Gasteiger partial charge on any atom is 0.191 e. The molecule has 0 aromatic heterocycles. The third-order valence-electron chi connectivity index (χ3n) is 4.89. The molecule has 1 saturated carbocycles. The lowest BCUT2D eigenvalue weighted by Crippen LogP contribution is -2.39. The normalized spacial score (nSPS) is 19.8. The summed E-state index contributed by atoms with van der Waals surface area (Å²) < 4.78 is 6.06. The summed E-state index contributed by atoms with van der Waals surface area (Å²) in [6.07, 6.45) is 6.28. The third-order valence-corrected chi connectivity index (χ3v) is 4.89. The molecule has 1 aliphatic heterocycles. The molecule has 2 N–H and O–H groups in total. The van der Waals surface area contributed by atoms with Gasteiger partial charge in [0.2, 0.25) is 0 Å². The van der Waals surface area contributed by atoms with Gasteiger partial charge in [-0.2, -0.15) is 0 Å². The average molecular weight is 345 g/mol. The van der Waals surface area contributed by atoms with E-state index in [4.69, 9.17) is 4.74 Å². The van der Waals surface area contributed by atoms with E-state index in [-0.39, 0.29) is 0 Å². The van der Waals surface area contributed by atoms with Gasteiger partial charge >= 0.3 is 0 Å². The maximum absolute atomic E-state index is 6.06. The number of hydrogen-bond donors (Lipinski definition) is 2. The van der Waals surface area contributed by atoms with Crippen molar-refractivity contribution in [3.8, 4) is 0 Å². The summed E-state index contributed by atoms with van der Waals surface area (Å²) in [5.74, 6) is 0.928. The first-order chi connectivity index (χ1) is 12.3. The van der Waals surface area contributed by atoms with Gasteiger partial charge in [-0.3, -0.25) is 9.89 Å². The SMILES string of the molecule is CN=C(NCCCOC1CCN(Cc2ccccc2)CC1)NC1CC1. The van der Waals surface area contributed by atoms with Gasteiger partial charge < -0.3 is 15.4 Å². The molecule has 1 aromatic carbocycles. The molecule has 1 heterocycles. The number of nitrogens with one attached hydrogen (secondary N) is 2. The van der Waals surface area contributed by atoms with Gasteiger partial charge in [-0.25, -0.2) is 0 Å². The van der Waals surface area contributed by atoms with E-state index in [2.05, 4.69) is 50.9 Å². The topological polar surface area (TPSA) is 48.9 Å². The Hall–Kier alpha value is -1.59. The minimum absolute atomic E-state index is 0.427. The van der Waals surface area contributed by atoms with Gasteiger partial charge in [-0.05, 0) is 37.7 Å². The second-order valence-electron chi connectivity index (χ2n) is 7.10. The Morgan fingerprint density at radius 2 is 1.92 bits per heavy atom. The first-order valence-electron chi connectivity index (χ1n) is 9.68. The average Bonchev–Trinajstić information content (AvgIpc) is 3.47. The highest BCUT2D eigenvalue weighted by atomic mass is 16.5. The second-order valence-corrected chi connectivity index (χ2v) is 7.10. The van der Waals surface area contributed by atoms with Crippen molar-refractivity contribution in [1.29, 1.82) is 0 Å². The molecule has 0 amide bonds. The Bertz CT molecular complexity index is 522. The van der Waals surface area contributed by atoms with Crippen LogP contribution in [0.5, 0.6) is 0 Å². The minimum Gasteiger partial charge on any atom is -0.378 e. The zero-order valence-electron chi connectivity index (χ0n) is 15.4. The molecular weight excluding hydrogens is 312 g/mol. The number of benzene rings is 1. The minimum atomic E-state index is 0.427. The van der Waals surface area contributed by atoms with Crippen LogP contribution in [0.4, 0.5) is 0 Å². The summed E-state index contributed by atoms with van der Waals surface area (Å²) in [4.78, 5) is 6.78. The smallest absolute Gasteiger partial charge is 0.191 e. The molecule has 1 aliphatic carbocycles. The fourth-order valence-electron chi connectivity index (χ4n) is 3.22. The van der Waals surface area contributed by atoms with Gasteiger partial charge in [-0.15, -0.1) is 0 Å². The molecule has 0 radical (unpaired) electrons. The monoisotopic (exact) mass is 344 g/mol. The van der Waals surface area contributed by atoms with E-state index < -0.39 is 0 Å². The van der Waals surface area contributed by atoms with Gasteiger partial charge in [0.05, 0.1) is 6.10 Å². The van der Waals surface area contributed by atoms with Gasteiger partial charge in [-0.1, -0.05) is 30.3 Å². The van der Waals surface area contributed by atoms with Crippen LogP contribution in [0.1, 0.15) is 37.7 Å². The Morgan fingerprint density at radius 1 is 1.16 bits per heavy atom. The highest BCUT2D eigenvalue weighted by molar-refractivity contribution is 5.80. The fourth-order valence-corrected chi connectivity index (χ4v) is 3.22. The quantitative estimate of drug-likeness (QED) is 0.432. The number of likely N-dealkylation sites (tertiary alicyclic amines) is 1. The van der Waals surface area contributed by atoms with Gasteiger partial charge in [0.1, 0.15) is 0 Å². The molecule has 5 heteroatoms. The summed E-state index contributed by atoms with van der Waals surface area (Å²) >= 11 is 0. The second kappa shape index (κ2) is 9.78. The molecule has 2 fully saturated rings. The van der Waals surface area contributed by atoms with Crippen molar-refractivity contribution < 1.29 is 4.74 Å². The zero-order chi connectivity index (χ0) is 17.3.